The summed E-state index contributed by atoms with van der Waals surface area (Å²) in [5.74, 6) is 21.0. The number of unbranched alkanes of at least 4 members (excludes halogenated alkanes) is 1. The number of benzene rings is 3. The molecular weight excluding hydrogens is 1160 g/mol. The van der Waals surface area contributed by atoms with Crippen LogP contribution in [0.3, 0.4) is 0 Å². The maximum absolute atomic E-state index is 13.7. The number of methoxy groups -OCH3 is 3. The van der Waals surface area contributed by atoms with Crippen LogP contribution in [0.15, 0.2) is 109 Å². The topological polar surface area (TPSA) is 201 Å². The predicted octanol–water partition coefficient (Wildman–Crippen LogP) is 9.09. The smallest absolute Gasteiger partial charge is 0.497 e. The minimum atomic E-state index is -2.34. The molecule has 3 aromatic carbocycles. The Kier molecular flexibility index (Phi) is 25.5. The molecule has 0 bridgehead atoms. The number of alkyl carbamates (subject to hydrolysis) is 1. The Hall–Kier alpha value is -7.93. The number of hydrogen-bond donors (Lipinski definition) is 1. The average Bonchev–Trinajstić information content (AvgIpc) is 3.19. The Bertz CT molecular complexity index is 3580. The number of pyridine rings is 3. The second-order valence-corrected chi connectivity index (χ2v) is 25.6. The van der Waals surface area contributed by atoms with Gasteiger partial charge >= 0.3 is 41.1 Å². The third-order valence-electron chi connectivity index (χ3n) is 13.5. The van der Waals surface area contributed by atoms with Gasteiger partial charge < -0.3 is 29.0 Å². The van der Waals surface area contributed by atoms with E-state index in [1.54, 1.807) is 76.9 Å². The van der Waals surface area contributed by atoms with Crippen molar-refractivity contribution in [2.45, 2.75) is 78.2 Å². The van der Waals surface area contributed by atoms with Crippen molar-refractivity contribution in [2.24, 2.45) is 0 Å². The van der Waals surface area contributed by atoms with Crippen molar-refractivity contribution in [3.05, 3.63) is 160 Å². The fraction of sp³-hybridized carbons (Fsp3) is 0.379. The van der Waals surface area contributed by atoms with E-state index in [1.807, 2.05) is 87.5 Å². The number of hydrogen-bond acceptors (Lipinski definition) is 17. The molecule has 87 heavy (non-hydrogen) atoms. The number of nitrogens with one attached hydrogen (secondary N) is 1. The highest BCUT2D eigenvalue weighted by molar-refractivity contribution is 7.52. The van der Waals surface area contributed by atoms with E-state index < -0.39 is 41.3 Å². The zero-order chi connectivity index (χ0) is 62.3. The van der Waals surface area contributed by atoms with Gasteiger partial charge in [-0.3, -0.25) is 14.7 Å². The zero-order valence-corrected chi connectivity index (χ0v) is 53.6. The monoisotopic (exact) mass is 1230 g/mol. The first-order chi connectivity index (χ1) is 41.8. The van der Waals surface area contributed by atoms with E-state index in [0.29, 0.717) is 128 Å². The summed E-state index contributed by atoms with van der Waals surface area (Å²) in [5.41, 5.74) is 6.79. The molecule has 1 saturated heterocycles. The van der Waals surface area contributed by atoms with Crippen LogP contribution in [-0.4, -0.2) is 140 Å². The second-order valence-electron chi connectivity index (χ2n) is 21.4. The summed E-state index contributed by atoms with van der Waals surface area (Å²) >= 11 is 0. The van der Waals surface area contributed by atoms with Gasteiger partial charge in [0.1, 0.15) is 42.8 Å². The number of ether oxygens (including phenoxy) is 5. The standard InChI is InChI=1S/C66H74N7O11P3/c1-10-83-87(78)63-42-53(19-16-50-24-30-60(31-25-50)82-47-64(74)81-7)39-56(70-63)45-73-36-35-71(43-54-37-51(40-61(68-54)85(8)76)17-14-48-20-26-58(79-5)27-21-48)33-34-72(46-57(73)13-11-12-32-67-65(75)84-66(2,3)4)44-55-38-52(41-62(69-55)86(9)77)18-15-49-22-28-59(80-6)29-23-49/h20-31,37-42,57H,10-13,32-36,43-47H2,1-9H3/q+2/p+1/t57-/m0/s1. The van der Waals surface area contributed by atoms with Gasteiger partial charge in [-0.15, -0.1) is 4.52 Å². The van der Waals surface area contributed by atoms with E-state index in [0.717, 1.165) is 29.0 Å². The molecule has 1 fully saturated rings. The van der Waals surface area contributed by atoms with Crippen LogP contribution in [0, 0.1) is 35.5 Å². The lowest BCUT2D eigenvalue weighted by Gasteiger charge is -2.34. The highest BCUT2D eigenvalue weighted by Crippen LogP contribution is 2.25. The summed E-state index contributed by atoms with van der Waals surface area (Å²) in [6, 6.07) is 33.0. The quantitative estimate of drug-likeness (QED) is 0.0309. The van der Waals surface area contributed by atoms with Crippen LogP contribution in [0.25, 0.3) is 0 Å². The van der Waals surface area contributed by atoms with Gasteiger partial charge in [0, 0.05) is 117 Å². The third kappa shape index (κ3) is 22.4. The molecule has 4 heterocycles. The Morgan fingerprint density at radius 3 is 1.52 bits per heavy atom. The molecular formula is C66H75N7O11P3+3. The lowest BCUT2D eigenvalue weighted by Crippen LogP contribution is -2.45. The van der Waals surface area contributed by atoms with Crippen molar-refractivity contribution in [1.82, 2.24) is 35.0 Å². The first kappa shape index (κ1) is 66.6. The molecule has 18 nitrogen and oxygen atoms in total. The zero-order valence-electron chi connectivity index (χ0n) is 50.9. The molecule has 1 N–H and O–H groups in total. The average molecular weight is 1240 g/mol. The third-order valence-corrected chi connectivity index (χ3v) is 16.4. The summed E-state index contributed by atoms with van der Waals surface area (Å²) < 4.78 is 72.4. The van der Waals surface area contributed by atoms with E-state index in [2.05, 4.69) is 55.5 Å². The minimum Gasteiger partial charge on any atom is -0.497 e. The van der Waals surface area contributed by atoms with E-state index in [1.165, 1.54) is 7.11 Å². The Labute approximate surface area is 513 Å². The molecule has 0 spiro atoms. The van der Waals surface area contributed by atoms with Crippen LogP contribution >= 0.6 is 23.6 Å². The molecule has 4 atom stereocenters. The summed E-state index contributed by atoms with van der Waals surface area (Å²) in [6.07, 6.45) is 1.64. The maximum Gasteiger partial charge on any atom is 0.569 e. The van der Waals surface area contributed by atoms with Crippen LogP contribution in [0.1, 0.15) is 97.4 Å². The number of amides is 1. The van der Waals surface area contributed by atoms with Gasteiger partial charge in [-0.25, -0.2) is 24.5 Å². The van der Waals surface area contributed by atoms with Crippen molar-refractivity contribution >= 4 is 52.0 Å². The number of esters is 1. The molecule has 0 saturated carbocycles. The fourth-order valence-corrected chi connectivity index (χ4v) is 11.2. The number of rotatable bonds is 21. The molecule has 3 aromatic heterocycles. The first-order valence-electron chi connectivity index (χ1n) is 28.6. The second kappa shape index (κ2) is 33.3. The van der Waals surface area contributed by atoms with Gasteiger partial charge in [0.15, 0.2) is 6.61 Å². The molecule has 21 heteroatoms. The van der Waals surface area contributed by atoms with Gasteiger partial charge in [0.05, 0.1) is 38.4 Å². The largest absolute Gasteiger partial charge is 0.569 e. The molecule has 0 radical (unpaired) electrons. The molecule has 1 aliphatic heterocycles. The summed E-state index contributed by atoms with van der Waals surface area (Å²) in [5, 5.41) is 2.92. The number of carbonyl (C=O) groups excluding carboxylic acids is 2. The maximum atomic E-state index is 13.7. The SMILES string of the molecule is CCO[P+](=O)c1cc(C#Cc2ccc(OCC(=O)OC)cc2)cc(CN2CCN(Cc3cc(C#Cc4ccc(OC)cc4)cc([P+](C)=O)n3)CCN(Cc3cc(C#Cc4ccc(OC)cc4)cc([P+](C)=O)n3)C[C@@H]2CCCCNC(=O)OC(C)(C)C)n1. The Morgan fingerprint density at radius 2 is 1.03 bits per heavy atom. The van der Waals surface area contributed by atoms with Gasteiger partial charge in [0.25, 0.3) is 10.9 Å². The van der Waals surface area contributed by atoms with Crippen molar-refractivity contribution in [2.75, 3.05) is 87.1 Å². The van der Waals surface area contributed by atoms with Crippen molar-refractivity contribution in [3.8, 4) is 52.8 Å². The molecule has 1 aliphatic rings. The minimum absolute atomic E-state index is 0.113. The highest BCUT2D eigenvalue weighted by atomic mass is 31.1. The molecule has 7 rings (SSSR count). The highest BCUT2D eigenvalue weighted by Gasteiger charge is 2.30. The van der Waals surface area contributed by atoms with Crippen LogP contribution in [-0.2, 0) is 52.1 Å². The van der Waals surface area contributed by atoms with Crippen molar-refractivity contribution in [3.63, 3.8) is 0 Å². The Balaban J connectivity index is 1.28. The van der Waals surface area contributed by atoms with E-state index in [-0.39, 0.29) is 24.7 Å². The van der Waals surface area contributed by atoms with E-state index >= 15 is 0 Å². The van der Waals surface area contributed by atoms with Crippen LogP contribution in [0.2, 0.25) is 0 Å². The summed E-state index contributed by atoms with van der Waals surface area (Å²) in [6.45, 7) is 15.0. The number of aromatic nitrogens is 3. The van der Waals surface area contributed by atoms with E-state index in [9.17, 15) is 23.3 Å². The molecule has 452 valence electrons. The van der Waals surface area contributed by atoms with Crippen LogP contribution < -0.4 is 35.8 Å². The molecule has 1 amide bonds. The van der Waals surface area contributed by atoms with Gasteiger partial charge in [-0.1, -0.05) is 51.1 Å². The van der Waals surface area contributed by atoms with E-state index in [4.69, 9.17) is 43.2 Å². The van der Waals surface area contributed by atoms with Gasteiger partial charge in [0.2, 0.25) is 0 Å². The lowest BCUT2D eigenvalue weighted by atomic mass is 10.1. The summed E-state index contributed by atoms with van der Waals surface area (Å²) in [7, 11) is -1.46. The van der Waals surface area contributed by atoms with Crippen LogP contribution in [0.4, 0.5) is 4.79 Å². The van der Waals surface area contributed by atoms with Crippen molar-refractivity contribution < 1.29 is 51.5 Å². The predicted molar refractivity (Wildman–Crippen MR) is 339 cm³/mol. The Morgan fingerprint density at radius 1 is 0.586 bits per heavy atom. The van der Waals surface area contributed by atoms with Gasteiger partial charge in [-0.2, -0.15) is 0 Å². The van der Waals surface area contributed by atoms with Gasteiger partial charge in [-0.05, 0) is 136 Å². The molecule has 6 aromatic rings. The van der Waals surface area contributed by atoms with Crippen LogP contribution in [0.5, 0.6) is 17.2 Å². The normalized spacial score (nSPS) is 14.4. The lowest BCUT2D eigenvalue weighted by molar-refractivity contribution is -0.142. The molecule has 3 unspecified atom stereocenters. The van der Waals surface area contributed by atoms with Crippen molar-refractivity contribution in [1.29, 1.82) is 0 Å². The summed E-state index contributed by atoms with van der Waals surface area (Å²) in [4.78, 5) is 46.4. The first-order valence-corrected chi connectivity index (χ1v) is 33.2. The fourth-order valence-electron chi connectivity index (χ4n) is 9.20. The number of carbonyl (C=O) groups is 2. The molecule has 0 aliphatic carbocycles. The number of nitrogens with zero attached hydrogens (tertiary/aromatic N) is 6.